The maximum Gasteiger partial charge on any atom is 0.287 e. The van der Waals surface area contributed by atoms with Crippen LogP contribution in [-0.4, -0.2) is 50.2 Å². The zero-order valence-electron chi connectivity index (χ0n) is 10.1. The van der Waals surface area contributed by atoms with Crippen molar-refractivity contribution < 1.29 is 13.9 Å². The summed E-state index contributed by atoms with van der Waals surface area (Å²) in [6.07, 6.45) is 1.53. The molecule has 1 fully saturated rings. The van der Waals surface area contributed by atoms with Gasteiger partial charge in [-0.25, -0.2) is 0 Å². The summed E-state index contributed by atoms with van der Waals surface area (Å²) in [5.41, 5.74) is 0.869. The van der Waals surface area contributed by atoms with Gasteiger partial charge in [0.1, 0.15) is 0 Å². The molecule has 0 bridgehead atoms. The first-order chi connectivity index (χ1) is 8.27. The zero-order chi connectivity index (χ0) is 12.1. The minimum atomic E-state index is -0.138. The summed E-state index contributed by atoms with van der Waals surface area (Å²) in [5.74, 6) is 0.271. The predicted octanol–water partition coefficient (Wildman–Crippen LogP) is 0.650. The molecule has 0 unspecified atom stereocenters. The molecule has 5 nitrogen and oxygen atoms in total. The Morgan fingerprint density at radius 1 is 1.47 bits per heavy atom. The normalized spacial score (nSPS) is 17.0. The Morgan fingerprint density at radius 3 is 2.88 bits per heavy atom. The van der Waals surface area contributed by atoms with Crippen LogP contribution in [0.4, 0.5) is 0 Å². The molecule has 0 saturated carbocycles. The Kier molecular flexibility index (Phi) is 4.17. The van der Waals surface area contributed by atoms with Gasteiger partial charge in [0.2, 0.25) is 0 Å². The second-order valence-corrected chi connectivity index (χ2v) is 4.14. The number of carbonyl (C=O) groups is 1. The molecule has 5 heteroatoms. The Balaban J connectivity index is 1.71. The molecule has 0 aromatic carbocycles. The van der Waals surface area contributed by atoms with E-state index in [9.17, 15) is 4.79 Å². The molecule has 1 N–H and O–H groups in total. The average molecular weight is 238 g/mol. The number of rotatable bonds is 4. The van der Waals surface area contributed by atoms with E-state index >= 15 is 0 Å². The zero-order valence-corrected chi connectivity index (χ0v) is 10.1. The van der Waals surface area contributed by atoms with Gasteiger partial charge in [0.05, 0.1) is 19.5 Å². The Hall–Kier alpha value is -1.33. The van der Waals surface area contributed by atoms with Crippen LogP contribution in [0.1, 0.15) is 16.1 Å². The van der Waals surface area contributed by atoms with Gasteiger partial charge >= 0.3 is 0 Å². The highest BCUT2D eigenvalue weighted by molar-refractivity contribution is 5.92. The van der Waals surface area contributed by atoms with E-state index in [1.807, 2.05) is 6.92 Å². The number of ether oxygens (including phenoxy) is 1. The number of morpholine rings is 1. The van der Waals surface area contributed by atoms with Gasteiger partial charge in [0.25, 0.3) is 5.91 Å². The van der Waals surface area contributed by atoms with E-state index in [1.165, 1.54) is 6.26 Å². The first-order valence-corrected chi connectivity index (χ1v) is 5.90. The molecular formula is C12H18N2O3. The molecule has 0 radical (unpaired) electrons. The molecule has 1 aromatic heterocycles. The van der Waals surface area contributed by atoms with Gasteiger partial charge in [-0.2, -0.15) is 0 Å². The van der Waals surface area contributed by atoms with Crippen LogP contribution in [-0.2, 0) is 4.74 Å². The van der Waals surface area contributed by atoms with Crippen LogP contribution in [0.15, 0.2) is 16.7 Å². The Bertz CT molecular complexity index is 370. The Labute approximate surface area is 101 Å². The van der Waals surface area contributed by atoms with Crippen molar-refractivity contribution in [1.29, 1.82) is 0 Å². The first kappa shape index (κ1) is 12.1. The molecule has 2 rings (SSSR count). The predicted molar refractivity (Wildman–Crippen MR) is 63.0 cm³/mol. The lowest BCUT2D eigenvalue weighted by Crippen LogP contribution is -2.41. The van der Waals surface area contributed by atoms with Crippen molar-refractivity contribution in [3.05, 3.63) is 23.7 Å². The van der Waals surface area contributed by atoms with E-state index in [4.69, 9.17) is 9.15 Å². The molecule has 1 saturated heterocycles. The number of nitrogens with zero attached hydrogens (tertiary/aromatic N) is 1. The molecule has 0 aliphatic carbocycles. The third-order valence-corrected chi connectivity index (χ3v) is 2.89. The standard InChI is InChI=1S/C12H18N2O3/c1-10-2-7-17-11(10)12(15)13-3-4-14-5-8-16-9-6-14/h2,7H,3-6,8-9H2,1H3,(H,13,15). The molecule has 2 heterocycles. The van der Waals surface area contributed by atoms with Crippen LogP contribution in [0, 0.1) is 6.92 Å². The molecule has 1 aromatic rings. The van der Waals surface area contributed by atoms with Crippen LogP contribution < -0.4 is 5.32 Å². The molecule has 0 spiro atoms. The number of hydrogen-bond acceptors (Lipinski definition) is 4. The fourth-order valence-electron chi connectivity index (χ4n) is 1.84. The summed E-state index contributed by atoms with van der Waals surface area (Å²) >= 11 is 0. The summed E-state index contributed by atoms with van der Waals surface area (Å²) in [7, 11) is 0. The van der Waals surface area contributed by atoms with Crippen LogP contribution in [0.25, 0.3) is 0 Å². The highest BCUT2D eigenvalue weighted by Crippen LogP contribution is 2.07. The van der Waals surface area contributed by atoms with Gasteiger partial charge in [-0.1, -0.05) is 0 Å². The van der Waals surface area contributed by atoms with Crippen molar-refractivity contribution in [3.8, 4) is 0 Å². The first-order valence-electron chi connectivity index (χ1n) is 5.90. The number of aryl methyl sites for hydroxylation is 1. The summed E-state index contributed by atoms with van der Waals surface area (Å²) in [4.78, 5) is 14.0. The maximum absolute atomic E-state index is 11.7. The highest BCUT2D eigenvalue weighted by Gasteiger charge is 2.13. The second-order valence-electron chi connectivity index (χ2n) is 4.14. The molecule has 17 heavy (non-hydrogen) atoms. The topological polar surface area (TPSA) is 54.7 Å². The summed E-state index contributed by atoms with van der Waals surface area (Å²) in [6.45, 7) is 6.80. The van der Waals surface area contributed by atoms with Gasteiger partial charge in [-0.05, 0) is 13.0 Å². The number of furan rings is 1. The van der Waals surface area contributed by atoms with Crippen LogP contribution >= 0.6 is 0 Å². The number of hydrogen-bond donors (Lipinski definition) is 1. The van der Waals surface area contributed by atoms with Gasteiger partial charge in [0.15, 0.2) is 5.76 Å². The summed E-state index contributed by atoms with van der Waals surface area (Å²) < 4.78 is 10.4. The fourth-order valence-corrected chi connectivity index (χ4v) is 1.84. The summed E-state index contributed by atoms with van der Waals surface area (Å²) in [5, 5.41) is 2.86. The van der Waals surface area contributed by atoms with Crippen molar-refractivity contribution in [2.75, 3.05) is 39.4 Å². The molecule has 1 aliphatic heterocycles. The molecule has 94 valence electrons. The monoisotopic (exact) mass is 238 g/mol. The van der Waals surface area contributed by atoms with Gasteiger partial charge in [-0.3, -0.25) is 9.69 Å². The van der Waals surface area contributed by atoms with Crippen molar-refractivity contribution in [3.63, 3.8) is 0 Å². The van der Waals surface area contributed by atoms with E-state index in [1.54, 1.807) is 6.07 Å². The minimum Gasteiger partial charge on any atom is -0.459 e. The van der Waals surface area contributed by atoms with Crippen molar-refractivity contribution >= 4 is 5.91 Å². The lowest BCUT2D eigenvalue weighted by Gasteiger charge is -2.26. The van der Waals surface area contributed by atoms with E-state index in [0.29, 0.717) is 12.3 Å². The maximum atomic E-state index is 11.7. The average Bonchev–Trinajstić information content (AvgIpc) is 2.77. The van der Waals surface area contributed by atoms with E-state index in [-0.39, 0.29) is 5.91 Å². The third kappa shape index (κ3) is 3.31. The molecule has 0 atom stereocenters. The van der Waals surface area contributed by atoms with E-state index < -0.39 is 0 Å². The lowest BCUT2D eigenvalue weighted by molar-refractivity contribution is 0.0382. The quantitative estimate of drug-likeness (QED) is 0.836. The Morgan fingerprint density at radius 2 is 2.24 bits per heavy atom. The minimum absolute atomic E-state index is 0.138. The molecular weight excluding hydrogens is 220 g/mol. The van der Waals surface area contributed by atoms with Gasteiger partial charge in [0, 0.05) is 31.7 Å². The fraction of sp³-hybridized carbons (Fsp3) is 0.583. The second kappa shape index (κ2) is 5.84. The molecule has 1 amide bonds. The van der Waals surface area contributed by atoms with Crippen molar-refractivity contribution in [2.45, 2.75) is 6.92 Å². The van der Waals surface area contributed by atoms with E-state index in [2.05, 4.69) is 10.2 Å². The number of nitrogens with one attached hydrogen (secondary N) is 1. The number of amides is 1. The lowest BCUT2D eigenvalue weighted by atomic mass is 10.2. The van der Waals surface area contributed by atoms with Crippen LogP contribution in [0.3, 0.4) is 0 Å². The van der Waals surface area contributed by atoms with Crippen LogP contribution in [0.5, 0.6) is 0 Å². The summed E-state index contributed by atoms with van der Waals surface area (Å²) in [6, 6.07) is 1.79. The van der Waals surface area contributed by atoms with Crippen LogP contribution in [0.2, 0.25) is 0 Å². The highest BCUT2D eigenvalue weighted by atomic mass is 16.5. The van der Waals surface area contributed by atoms with E-state index in [0.717, 1.165) is 38.4 Å². The van der Waals surface area contributed by atoms with Gasteiger partial charge in [-0.15, -0.1) is 0 Å². The molecule has 1 aliphatic rings. The van der Waals surface area contributed by atoms with Gasteiger partial charge < -0.3 is 14.5 Å². The van der Waals surface area contributed by atoms with Crippen molar-refractivity contribution in [2.24, 2.45) is 0 Å². The third-order valence-electron chi connectivity index (χ3n) is 2.89. The SMILES string of the molecule is Cc1ccoc1C(=O)NCCN1CCOCC1. The largest absolute Gasteiger partial charge is 0.459 e. The smallest absolute Gasteiger partial charge is 0.287 e. The van der Waals surface area contributed by atoms with Crippen molar-refractivity contribution in [1.82, 2.24) is 10.2 Å². The number of carbonyl (C=O) groups excluding carboxylic acids is 1.